The quantitative estimate of drug-likeness (QED) is 0.701. The molecule has 4 unspecified atom stereocenters. The van der Waals surface area contributed by atoms with Crippen LogP contribution in [-0.2, 0) is 0 Å². The van der Waals surface area contributed by atoms with Crippen LogP contribution < -0.4 is 4.74 Å². The van der Waals surface area contributed by atoms with Gasteiger partial charge < -0.3 is 9.84 Å². The molecule has 0 spiro atoms. The lowest BCUT2D eigenvalue weighted by atomic mass is 9.62. The standard InChI is InChI=1S/C21H30O2/c1-11(2)9-15-10-13(4)16-8-7-12(3)17-19(16)18(15)14(5)20(22)21(17)23-6/h9,12-13,15-16,22H,7-8,10H2,1-6H3. The Balaban J connectivity index is 2.35. The lowest BCUT2D eigenvalue weighted by Crippen LogP contribution is -2.28. The fraction of sp³-hybridized carbons (Fsp3) is 0.619. The molecule has 0 aliphatic heterocycles. The summed E-state index contributed by atoms with van der Waals surface area (Å²) < 4.78 is 5.65. The number of allylic oxidation sites excluding steroid dienone is 2. The van der Waals surface area contributed by atoms with Crippen LogP contribution in [0.3, 0.4) is 0 Å². The monoisotopic (exact) mass is 314 g/mol. The smallest absolute Gasteiger partial charge is 0.164 e. The molecule has 23 heavy (non-hydrogen) atoms. The molecule has 0 fully saturated rings. The first-order valence-corrected chi connectivity index (χ1v) is 8.95. The van der Waals surface area contributed by atoms with Crippen molar-refractivity contribution in [1.29, 1.82) is 0 Å². The maximum atomic E-state index is 10.8. The minimum absolute atomic E-state index is 0.357. The number of phenolic OH excluding ortho intramolecular Hbond substituents is 1. The van der Waals surface area contributed by atoms with Gasteiger partial charge in [-0.1, -0.05) is 25.5 Å². The normalized spacial score (nSPS) is 29.0. The van der Waals surface area contributed by atoms with Gasteiger partial charge in [-0.05, 0) is 74.5 Å². The van der Waals surface area contributed by atoms with Crippen LogP contribution in [0, 0.1) is 12.8 Å². The van der Waals surface area contributed by atoms with Crippen LogP contribution in [0.5, 0.6) is 11.5 Å². The first-order chi connectivity index (χ1) is 10.9. The Hall–Kier alpha value is -1.44. The van der Waals surface area contributed by atoms with Gasteiger partial charge in [0.2, 0.25) is 0 Å². The summed E-state index contributed by atoms with van der Waals surface area (Å²) in [6, 6.07) is 0. The third kappa shape index (κ3) is 2.47. The van der Waals surface area contributed by atoms with Crippen LogP contribution in [0.2, 0.25) is 0 Å². The number of ether oxygens (including phenoxy) is 1. The summed E-state index contributed by atoms with van der Waals surface area (Å²) in [5.74, 6) is 3.26. The lowest BCUT2D eigenvalue weighted by molar-refractivity contribution is 0.312. The average molecular weight is 314 g/mol. The van der Waals surface area contributed by atoms with Crippen molar-refractivity contribution in [3.63, 3.8) is 0 Å². The van der Waals surface area contributed by atoms with Crippen molar-refractivity contribution in [2.45, 2.75) is 71.6 Å². The summed E-state index contributed by atoms with van der Waals surface area (Å²) in [4.78, 5) is 0. The third-order valence-corrected chi connectivity index (χ3v) is 6.00. The number of hydrogen-bond acceptors (Lipinski definition) is 2. The first-order valence-electron chi connectivity index (χ1n) is 8.95. The summed E-state index contributed by atoms with van der Waals surface area (Å²) in [5, 5.41) is 10.8. The van der Waals surface area contributed by atoms with Gasteiger partial charge >= 0.3 is 0 Å². The number of aromatic hydroxyl groups is 1. The van der Waals surface area contributed by atoms with E-state index >= 15 is 0 Å². The number of phenols is 1. The van der Waals surface area contributed by atoms with Gasteiger partial charge in [0.05, 0.1) is 7.11 Å². The zero-order valence-corrected chi connectivity index (χ0v) is 15.4. The lowest BCUT2D eigenvalue weighted by Gasteiger charge is -2.43. The Bertz CT molecular complexity index is 653. The average Bonchev–Trinajstić information content (AvgIpc) is 2.48. The first kappa shape index (κ1) is 16.4. The molecule has 126 valence electrons. The zero-order chi connectivity index (χ0) is 16.9. The predicted octanol–water partition coefficient (Wildman–Crippen LogP) is 5.78. The molecule has 2 nitrogen and oxygen atoms in total. The molecule has 1 aromatic rings. The van der Waals surface area contributed by atoms with Gasteiger partial charge in [-0.25, -0.2) is 0 Å². The Kier molecular flexibility index (Phi) is 4.20. The molecule has 2 aliphatic rings. The fourth-order valence-corrected chi connectivity index (χ4v) is 4.99. The Morgan fingerprint density at radius 3 is 2.43 bits per heavy atom. The molecular formula is C21H30O2. The second-order valence-electron chi connectivity index (χ2n) is 7.90. The van der Waals surface area contributed by atoms with Crippen molar-refractivity contribution in [3.8, 4) is 11.5 Å². The topological polar surface area (TPSA) is 29.5 Å². The van der Waals surface area contributed by atoms with Gasteiger partial charge in [0.25, 0.3) is 0 Å². The molecule has 0 radical (unpaired) electrons. The number of benzene rings is 1. The minimum atomic E-state index is 0.357. The van der Waals surface area contributed by atoms with Crippen LogP contribution in [0.4, 0.5) is 0 Å². The van der Waals surface area contributed by atoms with Crippen molar-refractivity contribution in [1.82, 2.24) is 0 Å². The third-order valence-electron chi connectivity index (χ3n) is 6.00. The number of hydrogen-bond donors (Lipinski definition) is 1. The summed E-state index contributed by atoms with van der Waals surface area (Å²) in [6.07, 6.45) is 6.02. The van der Waals surface area contributed by atoms with E-state index in [9.17, 15) is 5.11 Å². The maximum absolute atomic E-state index is 10.8. The SMILES string of the molecule is COc1c(O)c(C)c2c3c1C(C)CCC3C(C)CC2C=C(C)C. The second kappa shape index (κ2) is 5.89. The molecular weight excluding hydrogens is 284 g/mol. The van der Waals surface area contributed by atoms with Gasteiger partial charge in [0.1, 0.15) is 0 Å². The van der Waals surface area contributed by atoms with Gasteiger partial charge in [-0.15, -0.1) is 0 Å². The highest BCUT2D eigenvalue weighted by molar-refractivity contribution is 5.64. The second-order valence-corrected chi connectivity index (χ2v) is 7.90. The Labute approximate surface area is 140 Å². The van der Waals surface area contributed by atoms with Gasteiger partial charge in [0.15, 0.2) is 11.5 Å². The van der Waals surface area contributed by atoms with E-state index in [-0.39, 0.29) is 0 Å². The molecule has 0 amide bonds. The van der Waals surface area contributed by atoms with Crippen molar-refractivity contribution < 1.29 is 9.84 Å². The summed E-state index contributed by atoms with van der Waals surface area (Å²) in [6.45, 7) is 11.1. The highest BCUT2D eigenvalue weighted by atomic mass is 16.5. The van der Waals surface area contributed by atoms with E-state index in [1.165, 1.54) is 41.5 Å². The van der Waals surface area contributed by atoms with E-state index in [4.69, 9.17) is 4.74 Å². The van der Waals surface area contributed by atoms with Crippen LogP contribution in [0.1, 0.15) is 87.0 Å². The van der Waals surface area contributed by atoms with Gasteiger partial charge in [-0.2, -0.15) is 0 Å². The molecule has 0 aromatic heterocycles. The largest absolute Gasteiger partial charge is 0.504 e. The van der Waals surface area contributed by atoms with Crippen LogP contribution >= 0.6 is 0 Å². The molecule has 2 heteroatoms. The highest BCUT2D eigenvalue weighted by Crippen LogP contribution is 2.57. The summed E-state index contributed by atoms with van der Waals surface area (Å²) in [5.41, 5.74) is 6.54. The zero-order valence-electron chi connectivity index (χ0n) is 15.4. The van der Waals surface area contributed by atoms with E-state index in [1.807, 2.05) is 0 Å². The molecule has 2 aliphatic carbocycles. The molecule has 4 atom stereocenters. The van der Waals surface area contributed by atoms with Gasteiger partial charge in [-0.3, -0.25) is 0 Å². The molecule has 0 saturated heterocycles. The van der Waals surface area contributed by atoms with Gasteiger partial charge in [0, 0.05) is 11.5 Å². The van der Waals surface area contributed by atoms with Crippen molar-refractivity contribution in [3.05, 3.63) is 33.9 Å². The Morgan fingerprint density at radius 2 is 1.83 bits per heavy atom. The van der Waals surface area contributed by atoms with Crippen LogP contribution in [0.25, 0.3) is 0 Å². The molecule has 1 N–H and O–H groups in total. The highest BCUT2D eigenvalue weighted by Gasteiger charge is 2.41. The van der Waals surface area contributed by atoms with Crippen LogP contribution in [0.15, 0.2) is 11.6 Å². The minimum Gasteiger partial charge on any atom is -0.504 e. The van der Waals surface area contributed by atoms with Crippen LogP contribution in [-0.4, -0.2) is 12.2 Å². The van der Waals surface area contributed by atoms with E-state index in [1.54, 1.807) is 7.11 Å². The summed E-state index contributed by atoms with van der Waals surface area (Å²) >= 11 is 0. The fourth-order valence-electron chi connectivity index (χ4n) is 4.99. The molecule has 0 heterocycles. The Morgan fingerprint density at radius 1 is 1.13 bits per heavy atom. The molecule has 0 saturated carbocycles. The maximum Gasteiger partial charge on any atom is 0.164 e. The van der Waals surface area contributed by atoms with Crippen molar-refractivity contribution in [2.24, 2.45) is 5.92 Å². The molecule has 1 aromatic carbocycles. The number of rotatable bonds is 2. The van der Waals surface area contributed by atoms with E-state index in [0.717, 1.165) is 11.3 Å². The summed E-state index contributed by atoms with van der Waals surface area (Å²) in [7, 11) is 1.69. The molecule has 3 rings (SSSR count). The van der Waals surface area contributed by atoms with Crippen molar-refractivity contribution >= 4 is 0 Å². The molecule has 0 bridgehead atoms. The number of methoxy groups -OCH3 is 1. The van der Waals surface area contributed by atoms with E-state index < -0.39 is 0 Å². The van der Waals surface area contributed by atoms with E-state index in [0.29, 0.717) is 29.4 Å². The van der Waals surface area contributed by atoms with Crippen molar-refractivity contribution in [2.75, 3.05) is 7.11 Å². The van der Waals surface area contributed by atoms with E-state index in [2.05, 4.69) is 40.7 Å². The predicted molar refractivity (Wildman–Crippen MR) is 95.7 cm³/mol.